The molecule has 68 heavy (non-hydrogen) atoms. The number of nitrogens with zero attached hydrogens (tertiary/aromatic N) is 3. The van der Waals surface area contributed by atoms with Crippen molar-refractivity contribution >= 4 is 59.9 Å². The first-order valence-corrected chi connectivity index (χ1v) is 26.2. The number of methoxy groups -OCH3 is 1. The molecule has 3 aliphatic heterocycles. The second-order valence-electron chi connectivity index (χ2n) is 16.2. The summed E-state index contributed by atoms with van der Waals surface area (Å²) in [6, 6.07) is 10.9. The van der Waals surface area contributed by atoms with Crippen molar-refractivity contribution in [2.75, 3.05) is 82.9 Å². The van der Waals surface area contributed by atoms with Gasteiger partial charge in [0.1, 0.15) is 29.0 Å². The number of allylic oxidation sites excluding steroid dienone is 3. The number of hydrogen-bond acceptors (Lipinski definition) is 19. The lowest BCUT2D eigenvalue weighted by molar-refractivity contribution is -0.198. The summed E-state index contributed by atoms with van der Waals surface area (Å²) in [5.41, 5.74) is 1.80. The summed E-state index contributed by atoms with van der Waals surface area (Å²) in [5.74, 6) is -2.76. The zero-order chi connectivity index (χ0) is 49.7. The van der Waals surface area contributed by atoms with Gasteiger partial charge in [-0.2, -0.15) is 0 Å². The first-order valence-electron chi connectivity index (χ1n) is 21.6. The van der Waals surface area contributed by atoms with Crippen molar-refractivity contribution in [3.8, 4) is 11.3 Å². The molecule has 4 aliphatic rings. The van der Waals surface area contributed by atoms with Crippen molar-refractivity contribution in [1.29, 1.82) is 0 Å². The number of ether oxygens (including phenoxy) is 4. The summed E-state index contributed by atoms with van der Waals surface area (Å²) in [7, 11) is -12.4. The van der Waals surface area contributed by atoms with Gasteiger partial charge in [0.2, 0.25) is 5.36 Å². The molecule has 0 N–H and O–H groups in total. The molecule has 1 saturated heterocycles. The highest BCUT2D eigenvalue weighted by atomic mass is 32.2. The second kappa shape index (κ2) is 24.1. The number of carbonyl (C=O) groups excluding carboxylic acids is 3. The van der Waals surface area contributed by atoms with Crippen LogP contribution in [0.3, 0.4) is 0 Å². The average molecular weight is 1010 g/mol. The summed E-state index contributed by atoms with van der Waals surface area (Å²) in [6.07, 6.45) is 6.57. The molecule has 21 nitrogen and oxygen atoms in total. The average Bonchev–Trinajstić information content (AvgIpc) is 3.70. The van der Waals surface area contributed by atoms with Gasteiger partial charge in [-0.05, 0) is 74.2 Å². The molecule has 2 unspecified atom stereocenters. The maximum absolute atomic E-state index is 12.2. The van der Waals surface area contributed by atoms with Crippen molar-refractivity contribution in [3.05, 3.63) is 83.1 Å². The van der Waals surface area contributed by atoms with E-state index in [-0.39, 0.29) is 90.7 Å². The molecule has 2 atom stereocenters. The van der Waals surface area contributed by atoms with E-state index in [0.29, 0.717) is 57.5 Å². The minimum atomic E-state index is -4.91. The number of amides is 2. The van der Waals surface area contributed by atoms with Crippen molar-refractivity contribution < 1.29 is 81.5 Å². The number of imide groups is 1. The molecule has 1 aromatic rings. The molecule has 0 aromatic heterocycles. The number of benzene rings is 2. The molecule has 0 spiro atoms. The van der Waals surface area contributed by atoms with Crippen LogP contribution in [0, 0.1) is 0 Å². The summed E-state index contributed by atoms with van der Waals surface area (Å²) >= 11 is 0. The fraction of sp³-hybridized carbons (Fsp3) is 0.500. The van der Waals surface area contributed by atoms with E-state index < -0.39 is 70.0 Å². The number of rotatable bonds is 27. The molecule has 24 heteroatoms. The molecular weight excluding hydrogens is 955 g/mol. The summed E-state index contributed by atoms with van der Waals surface area (Å²) < 4.78 is 136. The third-order valence-corrected chi connectivity index (χ3v) is 13.7. The van der Waals surface area contributed by atoms with Gasteiger partial charge in [0, 0.05) is 72.9 Å². The monoisotopic (exact) mass is 1010 g/mol. The van der Waals surface area contributed by atoms with Crippen LogP contribution in [0.2, 0.25) is 0 Å². The van der Waals surface area contributed by atoms with Crippen molar-refractivity contribution in [1.82, 2.24) is 9.64 Å². The third-order valence-electron chi connectivity index (χ3n) is 11.2. The maximum Gasteiger partial charge on any atom is 0.335 e. The highest BCUT2D eigenvalue weighted by molar-refractivity contribution is 7.86. The number of hydrogen-bond donors (Lipinski definition) is 0. The fourth-order valence-electron chi connectivity index (χ4n) is 7.92. The molecule has 0 radical (unpaired) electrons. The molecule has 1 aromatic carbocycles. The zero-order valence-corrected chi connectivity index (χ0v) is 40.3. The molecule has 5 rings (SSSR count). The van der Waals surface area contributed by atoms with Crippen LogP contribution in [0.5, 0.6) is 0 Å². The minimum Gasteiger partial charge on any atom is -0.748 e. The summed E-state index contributed by atoms with van der Waals surface area (Å²) in [4.78, 5) is 41.7. The highest BCUT2D eigenvalue weighted by Gasteiger charge is 2.43. The van der Waals surface area contributed by atoms with Crippen LogP contribution in [-0.4, -0.2) is 146 Å². The lowest BCUT2D eigenvalue weighted by Crippen LogP contribution is -2.41. The van der Waals surface area contributed by atoms with Gasteiger partial charge >= 0.3 is 5.97 Å². The molecular formula is C44H55N3O18S3-2. The van der Waals surface area contributed by atoms with E-state index in [1.165, 1.54) is 24.5 Å². The van der Waals surface area contributed by atoms with Crippen molar-refractivity contribution in [2.24, 2.45) is 0 Å². The Balaban J connectivity index is 1.40. The van der Waals surface area contributed by atoms with E-state index in [4.69, 9.17) is 28.2 Å². The highest BCUT2D eigenvalue weighted by Crippen LogP contribution is 2.51. The Morgan fingerprint density at radius 1 is 0.868 bits per heavy atom. The van der Waals surface area contributed by atoms with Gasteiger partial charge in [0.15, 0.2) is 6.04 Å². The van der Waals surface area contributed by atoms with Crippen LogP contribution in [0.25, 0.3) is 17.4 Å². The van der Waals surface area contributed by atoms with Gasteiger partial charge in [-0.1, -0.05) is 12.2 Å². The molecule has 2 amide bonds. The smallest absolute Gasteiger partial charge is 0.335 e. The third kappa shape index (κ3) is 15.3. The SMILES string of the molecule is COCCOCC(C)[N+](CCCS(=O)(=O)[O-])=c1ccc2c(/C=C/C=C3/N(CCOCCOCCC(=O)ON4C(=O)CCC4=O)c4ccc(S(=O)(=O)[O-])cc4C3(C)CCCS(=O)(=O)[O-])ccoc-2c1. The first-order chi connectivity index (χ1) is 32.1. The van der Waals surface area contributed by atoms with Crippen molar-refractivity contribution in [2.45, 2.75) is 68.7 Å². The molecule has 1 aliphatic carbocycles. The van der Waals surface area contributed by atoms with Crippen molar-refractivity contribution in [3.63, 3.8) is 0 Å². The number of carbonyl (C=O) groups is 3. The van der Waals surface area contributed by atoms with Crippen LogP contribution in [-0.2, 0) is 73.9 Å². The fourth-order valence-corrected chi connectivity index (χ4v) is 9.40. The Bertz CT molecular complexity index is 2700. The van der Waals surface area contributed by atoms with Gasteiger partial charge in [0.25, 0.3) is 11.8 Å². The number of fused-ring (bicyclic) bond motifs is 2. The van der Waals surface area contributed by atoms with Crippen LogP contribution in [0.4, 0.5) is 5.69 Å². The Labute approximate surface area is 395 Å². The maximum atomic E-state index is 12.2. The van der Waals surface area contributed by atoms with Gasteiger partial charge in [-0.3, -0.25) is 9.59 Å². The van der Waals surface area contributed by atoms with E-state index in [9.17, 15) is 53.3 Å². The Morgan fingerprint density at radius 3 is 2.22 bits per heavy atom. The topological polar surface area (TPSA) is 292 Å². The molecule has 374 valence electrons. The summed E-state index contributed by atoms with van der Waals surface area (Å²) in [5, 5.41) is 1.14. The van der Waals surface area contributed by atoms with Crippen LogP contribution in [0.1, 0.15) is 63.5 Å². The van der Waals surface area contributed by atoms with Crippen LogP contribution >= 0.6 is 0 Å². The quantitative estimate of drug-likeness (QED) is 0.0457. The predicted molar refractivity (Wildman–Crippen MR) is 240 cm³/mol. The molecule has 1 fully saturated rings. The van der Waals surface area contributed by atoms with E-state index in [1.54, 1.807) is 44.4 Å². The zero-order valence-electron chi connectivity index (χ0n) is 37.9. The predicted octanol–water partition coefficient (Wildman–Crippen LogP) is 2.08. The van der Waals surface area contributed by atoms with Gasteiger partial charge < -0.3 is 46.8 Å². The summed E-state index contributed by atoms with van der Waals surface area (Å²) in [6.45, 7) is 5.27. The van der Waals surface area contributed by atoms with E-state index in [2.05, 4.69) is 0 Å². The Morgan fingerprint density at radius 2 is 1.54 bits per heavy atom. The van der Waals surface area contributed by atoms with Crippen LogP contribution < -0.4 is 14.8 Å². The van der Waals surface area contributed by atoms with E-state index >= 15 is 0 Å². The van der Waals surface area contributed by atoms with E-state index in [1.807, 2.05) is 28.5 Å². The van der Waals surface area contributed by atoms with E-state index in [0.717, 1.165) is 0 Å². The molecule has 0 bridgehead atoms. The molecule has 0 saturated carbocycles. The van der Waals surface area contributed by atoms with Crippen LogP contribution in [0.15, 0.2) is 75.9 Å². The number of hydroxylamine groups is 2. The largest absolute Gasteiger partial charge is 0.748 e. The Hall–Kier alpha value is -4.89. The Kier molecular flexibility index (Phi) is 19.2. The minimum absolute atomic E-state index is 0.0320. The lowest BCUT2D eigenvalue weighted by atomic mass is 9.77. The van der Waals surface area contributed by atoms with Gasteiger partial charge in [-0.25, -0.2) is 34.6 Å². The standard InChI is InChI=1S/C44H57N3O18S3/c1-32(31-63-24-23-60-3)45(18-6-28-67(54,55)56)34-9-11-36-33(15-21-64-39(36)29-34)7-4-8-40-44(2,17-5-27-66(51,52)53)37-30-35(68(57,58)59)10-12-38(37)46(40)19-22-62-26-25-61-20-16-43(50)65-47-41(48)13-14-42(47)49/h4,7-12,15,21,29-30,32H,5-6,13-14,16-20,22-28,31H2,1-3H3,(H2-,51,52,53,54,55,56,57,58,59)/p-2. The first kappa shape index (κ1) is 54.1. The van der Waals surface area contributed by atoms with Gasteiger partial charge in [0.05, 0.1) is 83.5 Å². The van der Waals surface area contributed by atoms with Gasteiger partial charge in [-0.15, -0.1) is 5.06 Å². The lowest BCUT2D eigenvalue weighted by Gasteiger charge is -2.30. The number of anilines is 1. The molecule has 3 heterocycles. The normalized spacial score (nSPS) is 18.3. The second-order valence-corrected chi connectivity index (χ2v) is 20.6.